The van der Waals surface area contributed by atoms with E-state index < -0.39 is 17.5 Å². The summed E-state index contributed by atoms with van der Waals surface area (Å²) in [6.07, 6.45) is 3.90. The van der Waals surface area contributed by atoms with Crippen molar-refractivity contribution in [2.45, 2.75) is 12.5 Å². The second-order valence-electron chi connectivity index (χ2n) is 4.07. The Bertz CT molecular complexity index is 647. The summed E-state index contributed by atoms with van der Waals surface area (Å²) >= 11 is 0. The second kappa shape index (κ2) is 5.53. The number of nitrogens with zero attached hydrogens (tertiary/aromatic N) is 3. The van der Waals surface area contributed by atoms with Crippen LogP contribution in [0.2, 0.25) is 0 Å². The largest absolute Gasteiger partial charge is 0.396 e. The summed E-state index contributed by atoms with van der Waals surface area (Å²) in [5, 5.41) is 8.98. The first kappa shape index (κ1) is 13.1. The molecule has 0 spiro atoms. The number of aromatic amines is 1. The maximum Gasteiger partial charge on any atom is 0.278 e. The number of rotatable bonds is 6. The number of fused-ring (bicyclic) bond motifs is 1. The van der Waals surface area contributed by atoms with E-state index in [1.54, 1.807) is 0 Å². The number of carbonyl (C=O) groups is 2. The van der Waals surface area contributed by atoms with Crippen LogP contribution >= 0.6 is 0 Å². The molecule has 0 aliphatic rings. The fourth-order valence-corrected chi connectivity index (χ4v) is 1.82. The number of hydrogen-bond donors (Lipinski definition) is 2. The Kier molecular flexibility index (Phi) is 3.81. The quantitative estimate of drug-likeness (QED) is 0.650. The van der Waals surface area contributed by atoms with Crippen LogP contribution in [0.4, 0.5) is 0 Å². The third-order valence-electron chi connectivity index (χ3n) is 2.85. The van der Waals surface area contributed by atoms with Gasteiger partial charge in [0.25, 0.3) is 5.56 Å². The Morgan fingerprint density at radius 3 is 2.79 bits per heavy atom. The summed E-state index contributed by atoms with van der Waals surface area (Å²) in [6, 6.07) is -0.707. The second-order valence-corrected chi connectivity index (χ2v) is 4.07. The summed E-state index contributed by atoms with van der Waals surface area (Å²) in [5.74, 6) is -0.644. The molecule has 0 aliphatic carbocycles. The third kappa shape index (κ3) is 2.43. The van der Waals surface area contributed by atoms with Crippen molar-refractivity contribution in [1.29, 1.82) is 0 Å². The molecular formula is C11H12N4O4. The lowest BCUT2D eigenvalue weighted by molar-refractivity contribution is -0.114. The molecule has 100 valence electrons. The molecule has 0 bridgehead atoms. The molecule has 19 heavy (non-hydrogen) atoms. The SMILES string of the molecule is O=C[C@H](CO)C[C@@H](C=O)n1cnc2c(=O)[nH]cnc21. The highest BCUT2D eigenvalue weighted by molar-refractivity contribution is 5.71. The van der Waals surface area contributed by atoms with Gasteiger partial charge in [0, 0.05) is 5.92 Å². The van der Waals surface area contributed by atoms with Crippen LogP contribution in [-0.4, -0.2) is 43.8 Å². The zero-order valence-electron chi connectivity index (χ0n) is 9.89. The van der Waals surface area contributed by atoms with Crippen molar-refractivity contribution < 1.29 is 14.7 Å². The van der Waals surface area contributed by atoms with Gasteiger partial charge in [-0.3, -0.25) is 4.79 Å². The van der Waals surface area contributed by atoms with Gasteiger partial charge in [0.2, 0.25) is 0 Å². The first-order valence-corrected chi connectivity index (χ1v) is 5.63. The molecule has 8 nitrogen and oxygen atoms in total. The zero-order chi connectivity index (χ0) is 13.8. The molecule has 2 rings (SSSR count). The van der Waals surface area contributed by atoms with Gasteiger partial charge < -0.3 is 24.2 Å². The Hall–Kier alpha value is -2.35. The number of aldehydes is 2. The molecule has 2 heterocycles. The lowest BCUT2D eigenvalue weighted by Gasteiger charge is -2.15. The van der Waals surface area contributed by atoms with Crippen LogP contribution in [0.5, 0.6) is 0 Å². The fraction of sp³-hybridized carbons (Fsp3) is 0.364. The molecule has 0 unspecified atom stereocenters. The summed E-state index contributed by atoms with van der Waals surface area (Å²) in [7, 11) is 0. The number of nitrogens with one attached hydrogen (secondary N) is 1. The third-order valence-corrected chi connectivity index (χ3v) is 2.85. The molecule has 2 atom stereocenters. The van der Waals surface area contributed by atoms with Gasteiger partial charge in [0.05, 0.1) is 25.3 Å². The molecule has 0 amide bonds. The van der Waals surface area contributed by atoms with Gasteiger partial charge in [-0.1, -0.05) is 0 Å². The molecule has 0 saturated heterocycles. The summed E-state index contributed by atoms with van der Waals surface area (Å²) in [5.41, 5.74) is -0.00747. The van der Waals surface area contributed by atoms with Gasteiger partial charge in [-0.15, -0.1) is 0 Å². The predicted octanol–water partition coefficient (Wildman–Crippen LogP) is -0.943. The summed E-state index contributed by atoms with van der Waals surface area (Å²) in [4.78, 5) is 43.6. The first-order chi connectivity index (χ1) is 9.21. The molecule has 0 saturated carbocycles. The highest BCUT2D eigenvalue weighted by atomic mass is 16.3. The number of aliphatic hydroxyl groups is 1. The number of hydrogen-bond acceptors (Lipinski definition) is 6. The van der Waals surface area contributed by atoms with Crippen molar-refractivity contribution in [2.75, 3.05) is 6.61 Å². The van der Waals surface area contributed by atoms with Crippen LogP contribution in [-0.2, 0) is 9.59 Å². The van der Waals surface area contributed by atoms with E-state index in [4.69, 9.17) is 5.11 Å². The molecule has 0 aliphatic heterocycles. The average Bonchev–Trinajstić information content (AvgIpc) is 2.86. The van der Waals surface area contributed by atoms with E-state index in [9.17, 15) is 14.4 Å². The lowest BCUT2D eigenvalue weighted by atomic mass is 10.0. The van der Waals surface area contributed by atoms with Crippen LogP contribution in [0.3, 0.4) is 0 Å². The highest BCUT2D eigenvalue weighted by Gasteiger charge is 2.19. The smallest absolute Gasteiger partial charge is 0.278 e. The van der Waals surface area contributed by atoms with Gasteiger partial charge in [0.15, 0.2) is 11.2 Å². The minimum Gasteiger partial charge on any atom is -0.396 e. The fourth-order valence-electron chi connectivity index (χ4n) is 1.82. The number of imidazole rings is 1. The number of H-pyrrole nitrogens is 1. The Balaban J connectivity index is 2.41. The topological polar surface area (TPSA) is 118 Å². The maximum absolute atomic E-state index is 11.5. The van der Waals surface area contributed by atoms with Crippen molar-refractivity contribution in [1.82, 2.24) is 19.5 Å². The van der Waals surface area contributed by atoms with Gasteiger partial charge in [0.1, 0.15) is 12.6 Å². The van der Waals surface area contributed by atoms with E-state index in [-0.39, 0.29) is 24.2 Å². The van der Waals surface area contributed by atoms with E-state index in [2.05, 4.69) is 15.0 Å². The van der Waals surface area contributed by atoms with Crippen molar-refractivity contribution >= 4 is 23.7 Å². The molecule has 2 aromatic rings. The van der Waals surface area contributed by atoms with Gasteiger partial charge in [-0.05, 0) is 6.42 Å². The van der Waals surface area contributed by atoms with Crippen LogP contribution in [0, 0.1) is 5.92 Å². The van der Waals surface area contributed by atoms with E-state index in [0.717, 1.165) is 0 Å². The number of aromatic nitrogens is 4. The molecule has 0 radical (unpaired) electrons. The summed E-state index contributed by atoms with van der Waals surface area (Å²) < 4.78 is 1.42. The molecule has 8 heteroatoms. The lowest BCUT2D eigenvalue weighted by Crippen LogP contribution is -2.18. The van der Waals surface area contributed by atoms with Crippen LogP contribution < -0.4 is 5.56 Å². The van der Waals surface area contributed by atoms with Crippen LogP contribution in [0.15, 0.2) is 17.4 Å². The van der Waals surface area contributed by atoms with E-state index in [1.807, 2.05) is 0 Å². The van der Waals surface area contributed by atoms with Crippen LogP contribution in [0.1, 0.15) is 12.5 Å². The molecule has 0 fully saturated rings. The monoisotopic (exact) mass is 264 g/mol. The van der Waals surface area contributed by atoms with Crippen molar-refractivity contribution in [3.05, 3.63) is 23.0 Å². The summed E-state index contributed by atoms with van der Waals surface area (Å²) in [6.45, 7) is -0.339. The maximum atomic E-state index is 11.5. The van der Waals surface area contributed by atoms with Gasteiger partial charge >= 0.3 is 0 Å². The standard InChI is InChI=1S/C11H12N4O4/c16-2-7(3-17)1-8(4-18)15-6-14-9-10(15)12-5-13-11(9)19/h2,4-8,17H,1,3H2,(H,12,13,19)/t7-,8+/m1/s1. The molecule has 2 N–H and O–H groups in total. The van der Waals surface area contributed by atoms with Gasteiger partial charge in [-0.2, -0.15) is 0 Å². The minimum absolute atomic E-state index is 0.126. The number of carbonyl (C=O) groups excluding carboxylic acids is 2. The Labute approximate surface area is 107 Å². The normalized spacial score (nSPS) is 14.2. The zero-order valence-corrected chi connectivity index (χ0v) is 9.89. The molecule has 0 aromatic carbocycles. The van der Waals surface area contributed by atoms with E-state index >= 15 is 0 Å². The Morgan fingerprint density at radius 1 is 1.37 bits per heavy atom. The number of aliphatic hydroxyl groups excluding tert-OH is 1. The predicted molar refractivity (Wildman–Crippen MR) is 64.5 cm³/mol. The highest BCUT2D eigenvalue weighted by Crippen LogP contribution is 2.18. The first-order valence-electron chi connectivity index (χ1n) is 5.63. The molecular weight excluding hydrogens is 252 g/mol. The Morgan fingerprint density at radius 2 is 2.16 bits per heavy atom. The van der Waals surface area contributed by atoms with E-state index in [1.165, 1.54) is 17.2 Å². The van der Waals surface area contributed by atoms with Crippen molar-refractivity contribution in [3.63, 3.8) is 0 Å². The minimum atomic E-state index is -0.707. The van der Waals surface area contributed by atoms with Crippen LogP contribution in [0.25, 0.3) is 11.2 Å². The van der Waals surface area contributed by atoms with Gasteiger partial charge in [-0.25, -0.2) is 9.97 Å². The van der Waals surface area contributed by atoms with Crippen molar-refractivity contribution in [3.8, 4) is 0 Å². The molecule has 2 aromatic heterocycles. The average molecular weight is 264 g/mol. The van der Waals surface area contributed by atoms with Crippen molar-refractivity contribution in [2.24, 2.45) is 5.92 Å². The van der Waals surface area contributed by atoms with E-state index in [0.29, 0.717) is 12.6 Å².